The monoisotopic (exact) mass is 543 g/mol. The molecule has 0 aromatic heterocycles. The Morgan fingerprint density at radius 2 is 1.47 bits per heavy atom. The Morgan fingerprint density at radius 3 is 2.03 bits per heavy atom. The lowest BCUT2D eigenvalue weighted by Crippen LogP contribution is -2.53. The first-order valence-corrected chi connectivity index (χ1v) is 15.2. The summed E-state index contributed by atoms with van der Waals surface area (Å²) in [5, 5.41) is 0.721. The molecule has 1 aromatic rings. The topological polar surface area (TPSA) is 43.9 Å². The van der Waals surface area contributed by atoms with E-state index >= 15 is 0 Å². The quantitative estimate of drug-likeness (QED) is 0.430. The van der Waals surface area contributed by atoms with Crippen LogP contribution in [-0.2, 0) is 9.59 Å². The van der Waals surface area contributed by atoms with Crippen LogP contribution in [-0.4, -0.2) is 69.8 Å². The van der Waals surface area contributed by atoms with Gasteiger partial charge in [0.05, 0.1) is 12.0 Å². The fraction of sp³-hybridized carbons (Fsp3) is 0.750. The van der Waals surface area contributed by atoms with Gasteiger partial charge in [0, 0.05) is 53.6 Å². The van der Waals surface area contributed by atoms with Crippen molar-refractivity contribution in [2.45, 2.75) is 117 Å². The molecule has 1 unspecified atom stereocenters. The van der Waals surface area contributed by atoms with Gasteiger partial charge in [-0.25, -0.2) is 0 Å². The van der Waals surface area contributed by atoms with Crippen molar-refractivity contribution in [2.75, 3.05) is 19.6 Å². The lowest BCUT2D eigenvalue weighted by molar-refractivity contribution is -0.146. The van der Waals surface area contributed by atoms with Crippen LogP contribution in [0.3, 0.4) is 0 Å². The van der Waals surface area contributed by atoms with Crippen molar-refractivity contribution in [3.8, 4) is 0 Å². The average molecular weight is 544 g/mol. The van der Waals surface area contributed by atoms with E-state index in [2.05, 4.69) is 61.5 Å². The molecular formula is C32H50ClN3O2. The van der Waals surface area contributed by atoms with Crippen molar-refractivity contribution < 1.29 is 9.59 Å². The standard InChI is InChI=1S/C32H50ClN3O2/c1-21-9-15-25(16-10-21)36(30(38)31(3,4)5)26-17-22(2)35(18-26)29(37)28-20-34(32(6,7)8)19-27(28)23-11-13-24(33)14-12-23/h11-14,21-22,25-28H,9-10,15-20H2,1-8H3/t21?,22-,25?,26-,27+,28?/m0/s1. The molecule has 4 atom stereocenters. The summed E-state index contributed by atoms with van der Waals surface area (Å²) >= 11 is 6.20. The summed E-state index contributed by atoms with van der Waals surface area (Å²) in [6.45, 7) is 19.6. The average Bonchev–Trinajstić information content (AvgIpc) is 3.44. The van der Waals surface area contributed by atoms with Gasteiger partial charge in [-0.2, -0.15) is 0 Å². The number of hydrogen-bond donors (Lipinski definition) is 0. The van der Waals surface area contributed by atoms with E-state index < -0.39 is 5.41 Å². The number of nitrogens with zero attached hydrogens (tertiary/aromatic N) is 3. The number of amides is 2. The van der Waals surface area contributed by atoms with Crippen molar-refractivity contribution in [3.05, 3.63) is 34.9 Å². The van der Waals surface area contributed by atoms with Crippen LogP contribution in [0.4, 0.5) is 0 Å². The van der Waals surface area contributed by atoms with Gasteiger partial charge in [0.2, 0.25) is 11.8 Å². The molecule has 0 spiro atoms. The van der Waals surface area contributed by atoms with Crippen LogP contribution < -0.4 is 0 Å². The van der Waals surface area contributed by atoms with Crippen molar-refractivity contribution in [2.24, 2.45) is 17.3 Å². The molecule has 2 aliphatic heterocycles. The van der Waals surface area contributed by atoms with Crippen LogP contribution in [0.5, 0.6) is 0 Å². The zero-order chi connectivity index (χ0) is 28.0. The Kier molecular flexibility index (Phi) is 8.60. The van der Waals surface area contributed by atoms with E-state index in [1.54, 1.807) is 0 Å². The van der Waals surface area contributed by atoms with E-state index in [-0.39, 0.29) is 47.3 Å². The molecule has 0 radical (unpaired) electrons. The predicted octanol–water partition coefficient (Wildman–Crippen LogP) is 6.60. The largest absolute Gasteiger partial charge is 0.338 e. The van der Waals surface area contributed by atoms with E-state index in [1.807, 2.05) is 32.9 Å². The highest BCUT2D eigenvalue weighted by Gasteiger charge is 2.48. The van der Waals surface area contributed by atoms with Gasteiger partial charge in [-0.15, -0.1) is 0 Å². The second-order valence-corrected chi connectivity index (χ2v) is 14.9. The fourth-order valence-electron chi connectivity index (χ4n) is 6.91. The number of rotatable bonds is 4. The molecule has 3 fully saturated rings. The first kappa shape index (κ1) is 29.4. The minimum Gasteiger partial charge on any atom is -0.338 e. The van der Waals surface area contributed by atoms with Crippen LogP contribution in [0.2, 0.25) is 5.02 Å². The molecule has 2 saturated heterocycles. The zero-order valence-corrected chi connectivity index (χ0v) is 25.7. The number of halogens is 1. The van der Waals surface area contributed by atoms with Gasteiger partial charge in [0.1, 0.15) is 0 Å². The minimum atomic E-state index is -0.429. The summed E-state index contributed by atoms with van der Waals surface area (Å²) < 4.78 is 0. The molecule has 1 aromatic carbocycles. The van der Waals surface area contributed by atoms with Crippen molar-refractivity contribution >= 4 is 23.4 Å². The molecule has 2 amide bonds. The first-order chi connectivity index (χ1) is 17.7. The fourth-order valence-corrected chi connectivity index (χ4v) is 7.04. The molecule has 212 valence electrons. The van der Waals surface area contributed by atoms with Crippen LogP contribution in [0.25, 0.3) is 0 Å². The number of carbonyl (C=O) groups excluding carboxylic acids is 2. The molecule has 0 bridgehead atoms. The highest BCUT2D eigenvalue weighted by Crippen LogP contribution is 2.40. The maximum absolute atomic E-state index is 14.3. The molecule has 4 rings (SSSR count). The number of likely N-dealkylation sites (tertiary alicyclic amines) is 2. The summed E-state index contributed by atoms with van der Waals surface area (Å²) in [5.41, 5.74) is 0.749. The van der Waals surface area contributed by atoms with Gasteiger partial charge >= 0.3 is 0 Å². The van der Waals surface area contributed by atoms with Crippen LogP contribution in [0.1, 0.15) is 99.0 Å². The van der Waals surface area contributed by atoms with Crippen molar-refractivity contribution in [1.82, 2.24) is 14.7 Å². The number of benzene rings is 1. The normalized spacial score (nSPS) is 31.0. The van der Waals surface area contributed by atoms with Crippen LogP contribution in [0, 0.1) is 17.3 Å². The Morgan fingerprint density at radius 1 is 0.868 bits per heavy atom. The lowest BCUT2D eigenvalue weighted by Gasteiger charge is -2.42. The zero-order valence-electron chi connectivity index (χ0n) is 25.0. The summed E-state index contributed by atoms with van der Waals surface area (Å²) in [6.07, 6.45) is 5.36. The van der Waals surface area contributed by atoms with Gasteiger partial charge in [-0.3, -0.25) is 14.5 Å². The van der Waals surface area contributed by atoms with Gasteiger partial charge < -0.3 is 9.80 Å². The smallest absolute Gasteiger partial charge is 0.228 e. The Hall–Kier alpha value is -1.59. The maximum atomic E-state index is 14.3. The van der Waals surface area contributed by atoms with E-state index in [0.717, 1.165) is 43.3 Å². The molecule has 6 heteroatoms. The predicted molar refractivity (Wildman–Crippen MR) is 156 cm³/mol. The molecule has 2 heterocycles. The number of carbonyl (C=O) groups is 2. The third-order valence-corrected chi connectivity index (χ3v) is 9.62. The van der Waals surface area contributed by atoms with Gasteiger partial charge in [-0.05, 0) is 83.4 Å². The molecule has 3 aliphatic rings. The molecular weight excluding hydrogens is 494 g/mol. The molecule has 0 N–H and O–H groups in total. The maximum Gasteiger partial charge on any atom is 0.228 e. The van der Waals surface area contributed by atoms with E-state index in [0.29, 0.717) is 6.54 Å². The molecule has 1 aliphatic carbocycles. The van der Waals surface area contributed by atoms with Crippen LogP contribution >= 0.6 is 11.6 Å². The first-order valence-electron chi connectivity index (χ1n) is 14.8. The van der Waals surface area contributed by atoms with E-state index in [4.69, 9.17) is 11.6 Å². The minimum absolute atomic E-state index is 0.00703. The second-order valence-electron chi connectivity index (χ2n) is 14.4. The van der Waals surface area contributed by atoms with Gasteiger partial charge in [-0.1, -0.05) is 51.4 Å². The Balaban J connectivity index is 1.57. The van der Waals surface area contributed by atoms with E-state index in [1.165, 1.54) is 18.4 Å². The van der Waals surface area contributed by atoms with Gasteiger partial charge in [0.25, 0.3) is 0 Å². The molecule has 5 nitrogen and oxygen atoms in total. The van der Waals surface area contributed by atoms with Gasteiger partial charge in [0.15, 0.2) is 0 Å². The molecule has 1 saturated carbocycles. The Labute approximate surface area is 236 Å². The van der Waals surface area contributed by atoms with E-state index in [9.17, 15) is 9.59 Å². The van der Waals surface area contributed by atoms with Crippen molar-refractivity contribution in [1.29, 1.82) is 0 Å². The highest BCUT2D eigenvalue weighted by molar-refractivity contribution is 6.30. The van der Waals surface area contributed by atoms with Crippen LogP contribution in [0.15, 0.2) is 24.3 Å². The summed E-state index contributed by atoms with van der Waals surface area (Å²) in [7, 11) is 0. The second kappa shape index (κ2) is 11.1. The third kappa shape index (κ3) is 6.25. The summed E-state index contributed by atoms with van der Waals surface area (Å²) in [5.74, 6) is 1.25. The molecule has 38 heavy (non-hydrogen) atoms. The lowest BCUT2D eigenvalue weighted by atomic mass is 9.84. The summed E-state index contributed by atoms with van der Waals surface area (Å²) in [4.78, 5) is 34.9. The number of hydrogen-bond acceptors (Lipinski definition) is 3. The highest BCUT2D eigenvalue weighted by atomic mass is 35.5. The SMILES string of the molecule is CC1CCC(N(C(=O)C(C)(C)C)[C@H]2C[C@H](C)N(C(=O)C3CN(C(C)(C)C)C[C@@H]3c3ccc(Cl)cc3)C2)CC1. The third-order valence-electron chi connectivity index (χ3n) is 9.37. The summed E-state index contributed by atoms with van der Waals surface area (Å²) in [6, 6.07) is 8.55. The van der Waals surface area contributed by atoms with Crippen molar-refractivity contribution in [3.63, 3.8) is 0 Å². The Bertz CT molecular complexity index is 987.